The summed E-state index contributed by atoms with van der Waals surface area (Å²) < 4.78 is 0. The molecule has 3 rings (SSSR count). The van der Waals surface area contributed by atoms with Crippen LogP contribution in [0.2, 0.25) is 0 Å². The fraction of sp³-hybridized carbons (Fsp3) is 0.429. The van der Waals surface area contributed by atoms with Gasteiger partial charge in [-0.2, -0.15) is 0 Å². The second kappa shape index (κ2) is 9.15. The van der Waals surface area contributed by atoms with Crippen molar-refractivity contribution in [3.8, 4) is 0 Å². The van der Waals surface area contributed by atoms with Crippen LogP contribution in [0.5, 0.6) is 0 Å². The number of thiophene rings is 1. The minimum Gasteiger partial charge on any atom is -0.338 e. The summed E-state index contributed by atoms with van der Waals surface area (Å²) in [5, 5.41) is 5.33. The first-order valence-electron chi connectivity index (χ1n) is 9.45. The molecular formula is C21H27N3O2S. The van der Waals surface area contributed by atoms with Gasteiger partial charge in [0, 0.05) is 32.2 Å². The highest BCUT2D eigenvalue weighted by atomic mass is 32.1. The first-order valence-corrected chi connectivity index (χ1v) is 10.3. The topological polar surface area (TPSA) is 52.7 Å². The Labute approximate surface area is 165 Å². The lowest BCUT2D eigenvalue weighted by Crippen LogP contribution is -2.52. The molecule has 0 radical (unpaired) electrons. The molecule has 27 heavy (non-hydrogen) atoms. The minimum atomic E-state index is 0.0687. The van der Waals surface area contributed by atoms with Gasteiger partial charge in [-0.25, -0.2) is 0 Å². The second-order valence-corrected chi connectivity index (χ2v) is 8.11. The first-order chi connectivity index (χ1) is 13.1. The zero-order valence-corrected chi connectivity index (χ0v) is 16.7. The molecule has 0 bridgehead atoms. The van der Waals surface area contributed by atoms with E-state index >= 15 is 0 Å². The van der Waals surface area contributed by atoms with Crippen LogP contribution in [-0.2, 0) is 4.79 Å². The van der Waals surface area contributed by atoms with Crippen molar-refractivity contribution in [3.05, 3.63) is 58.3 Å². The van der Waals surface area contributed by atoms with Crippen LogP contribution < -0.4 is 5.32 Å². The van der Waals surface area contributed by atoms with Gasteiger partial charge in [0.2, 0.25) is 5.91 Å². The van der Waals surface area contributed by atoms with Crippen LogP contribution in [0.3, 0.4) is 0 Å². The summed E-state index contributed by atoms with van der Waals surface area (Å²) in [5.74, 6) is 0.555. The zero-order chi connectivity index (χ0) is 19.2. The van der Waals surface area contributed by atoms with E-state index in [0.717, 1.165) is 4.88 Å². The van der Waals surface area contributed by atoms with Crippen LogP contribution in [-0.4, -0.2) is 54.3 Å². The third kappa shape index (κ3) is 4.96. The average molecular weight is 386 g/mol. The maximum Gasteiger partial charge on any atom is 0.264 e. The van der Waals surface area contributed by atoms with E-state index in [0.29, 0.717) is 38.6 Å². The number of nitrogens with zero attached hydrogens (tertiary/aromatic N) is 2. The van der Waals surface area contributed by atoms with Crippen molar-refractivity contribution in [2.24, 2.45) is 5.92 Å². The number of amides is 2. The molecule has 0 unspecified atom stereocenters. The predicted molar refractivity (Wildman–Crippen MR) is 109 cm³/mol. The van der Waals surface area contributed by atoms with Crippen LogP contribution >= 0.6 is 11.3 Å². The van der Waals surface area contributed by atoms with E-state index in [1.54, 1.807) is 0 Å². The van der Waals surface area contributed by atoms with E-state index in [2.05, 4.69) is 31.3 Å². The van der Waals surface area contributed by atoms with E-state index in [-0.39, 0.29) is 17.9 Å². The van der Waals surface area contributed by atoms with Crippen molar-refractivity contribution in [2.75, 3.05) is 32.7 Å². The summed E-state index contributed by atoms with van der Waals surface area (Å²) in [6.07, 6.45) is 0. The summed E-state index contributed by atoms with van der Waals surface area (Å²) in [7, 11) is 0. The van der Waals surface area contributed by atoms with Gasteiger partial charge < -0.3 is 15.1 Å². The van der Waals surface area contributed by atoms with Gasteiger partial charge in [0.05, 0.1) is 11.4 Å². The molecule has 0 saturated carbocycles. The molecule has 1 fully saturated rings. The number of nitrogens with one attached hydrogen (secondary N) is 1. The largest absolute Gasteiger partial charge is 0.338 e. The van der Waals surface area contributed by atoms with Gasteiger partial charge in [-0.15, -0.1) is 11.3 Å². The Morgan fingerprint density at radius 1 is 1.00 bits per heavy atom. The fourth-order valence-electron chi connectivity index (χ4n) is 3.42. The van der Waals surface area contributed by atoms with Gasteiger partial charge >= 0.3 is 0 Å². The van der Waals surface area contributed by atoms with Gasteiger partial charge in [-0.05, 0) is 22.9 Å². The molecule has 1 atom stereocenters. The molecule has 6 heteroatoms. The number of piperazine rings is 1. The maximum atomic E-state index is 12.6. The summed E-state index contributed by atoms with van der Waals surface area (Å²) in [5.41, 5.74) is 1.20. The van der Waals surface area contributed by atoms with Crippen LogP contribution in [0, 0.1) is 5.92 Å². The van der Waals surface area contributed by atoms with Gasteiger partial charge in [0.15, 0.2) is 0 Å². The monoisotopic (exact) mass is 385 g/mol. The molecule has 1 aliphatic rings. The maximum absolute atomic E-state index is 12.6. The normalized spacial score (nSPS) is 15.8. The smallest absolute Gasteiger partial charge is 0.264 e. The van der Waals surface area contributed by atoms with Crippen LogP contribution in [0.25, 0.3) is 0 Å². The van der Waals surface area contributed by atoms with E-state index < -0.39 is 0 Å². The highest BCUT2D eigenvalue weighted by molar-refractivity contribution is 7.12. The SMILES string of the molecule is CC(C)[C@H](NCC(=O)N1CCN(C(=O)c2cccs2)CC1)c1ccccc1. The summed E-state index contributed by atoms with van der Waals surface area (Å²) in [4.78, 5) is 29.5. The Balaban J connectivity index is 1.50. The minimum absolute atomic E-state index is 0.0687. The molecule has 0 aliphatic carbocycles. The number of hydrogen-bond acceptors (Lipinski definition) is 4. The van der Waals surface area contributed by atoms with Gasteiger partial charge in [0.1, 0.15) is 0 Å². The highest BCUT2D eigenvalue weighted by Crippen LogP contribution is 2.21. The summed E-state index contributed by atoms with van der Waals surface area (Å²) >= 11 is 1.46. The molecule has 2 aromatic rings. The molecule has 1 aromatic carbocycles. The van der Waals surface area contributed by atoms with E-state index in [1.807, 2.05) is 45.5 Å². The molecule has 1 aromatic heterocycles. The number of carbonyl (C=O) groups is 2. The summed E-state index contributed by atoms with van der Waals surface area (Å²) in [6.45, 7) is 7.00. The Bertz CT molecular complexity index is 738. The molecule has 1 saturated heterocycles. The van der Waals surface area contributed by atoms with Crippen molar-refractivity contribution in [2.45, 2.75) is 19.9 Å². The van der Waals surface area contributed by atoms with E-state index in [1.165, 1.54) is 16.9 Å². The molecule has 1 N–H and O–H groups in total. The third-order valence-electron chi connectivity index (χ3n) is 4.95. The fourth-order valence-corrected chi connectivity index (χ4v) is 4.11. The second-order valence-electron chi connectivity index (χ2n) is 7.16. The molecule has 144 valence electrons. The van der Waals surface area contributed by atoms with Crippen molar-refractivity contribution in [1.82, 2.24) is 15.1 Å². The molecule has 1 aliphatic heterocycles. The number of carbonyl (C=O) groups excluding carboxylic acids is 2. The van der Waals surface area contributed by atoms with Crippen LogP contribution in [0.15, 0.2) is 47.8 Å². The molecule has 0 spiro atoms. The lowest BCUT2D eigenvalue weighted by Gasteiger charge is -2.35. The lowest BCUT2D eigenvalue weighted by molar-refractivity contribution is -0.131. The Morgan fingerprint density at radius 2 is 1.67 bits per heavy atom. The zero-order valence-electron chi connectivity index (χ0n) is 15.9. The number of benzene rings is 1. The first kappa shape index (κ1) is 19.6. The van der Waals surface area contributed by atoms with Crippen molar-refractivity contribution >= 4 is 23.2 Å². The highest BCUT2D eigenvalue weighted by Gasteiger charge is 2.26. The van der Waals surface area contributed by atoms with Gasteiger partial charge in [0.25, 0.3) is 5.91 Å². The lowest BCUT2D eigenvalue weighted by atomic mass is 9.96. The molecular weight excluding hydrogens is 358 g/mol. The molecule has 2 amide bonds. The molecule has 2 heterocycles. The average Bonchev–Trinajstić information content (AvgIpc) is 3.23. The van der Waals surface area contributed by atoms with Crippen molar-refractivity contribution in [1.29, 1.82) is 0 Å². The Kier molecular flexibility index (Phi) is 6.63. The quantitative estimate of drug-likeness (QED) is 0.832. The van der Waals surface area contributed by atoms with Gasteiger partial charge in [-0.1, -0.05) is 50.2 Å². The van der Waals surface area contributed by atoms with Gasteiger partial charge in [-0.3, -0.25) is 9.59 Å². The Hall–Kier alpha value is -2.18. The van der Waals surface area contributed by atoms with E-state index in [4.69, 9.17) is 0 Å². The number of rotatable bonds is 6. The predicted octanol–water partition coefficient (Wildman–Crippen LogP) is 3.02. The standard InChI is InChI=1S/C21H27N3O2S/c1-16(2)20(17-7-4-3-5-8-17)22-15-19(25)23-10-12-24(13-11-23)21(26)18-9-6-14-27-18/h3-9,14,16,20,22H,10-13,15H2,1-2H3/t20-/m0/s1. The van der Waals surface area contributed by atoms with Crippen LogP contribution in [0.4, 0.5) is 0 Å². The number of hydrogen-bond donors (Lipinski definition) is 1. The van der Waals surface area contributed by atoms with E-state index in [9.17, 15) is 9.59 Å². The molecule has 5 nitrogen and oxygen atoms in total. The van der Waals surface area contributed by atoms with Crippen molar-refractivity contribution < 1.29 is 9.59 Å². The van der Waals surface area contributed by atoms with Crippen molar-refractivity contribution in [3.63, 3.8) is 0 Å². The van der Waals surface area contributed by atoms with Crippen LogP contribution in [0.1, 0.15) is 35.1 Å². The summed E-state index contributed by atoms with van der Waals surface area (Å²) in [6, 6.07) is 14.1. The Morgan fingerprint density at radius 3 is 2.26 bits per heavy atom. The third-order valence-corrected chi connectivity index (χ3v) is 5.81.